The minimum atomic E-state index is -0.455. The second kappa shape index (κ2) is 8.55. The Morgan fingerprint density at radius 1 is 1.26 bits per heavy atom. The summed E-state index contributed by atoms with van der Waals surface area (Å²) in [7, 11) is 0. The summed E-state index contributed by atoms with van der Waals surface area (Å²) in [5.74, 6) is 0.322. The third kappa shape index (κ3) is 4.40. The smallest absolute Gasteiger partial charge is 0.306 e. The monoisotopic (exact) mass is 421 g/mol. The SMILES string of the molecule is Cc1nc2ncnn2c(C)c1CCC(=O)OCC(=O)N[C@@H](C)c1cc2ccccc2o1. The molecular formula is C22H23N5O4. The molecule has 0 saturated carbocycles. The van der Waals surface area contributed by atoms with E-state index in [4.69, 9.17) is 9.15 Å². The van der Waals surface area contributed by atoms with Gasteiger partial charge in [-0.1, -0.05) is 18.2 Å². The van der Waals surface area contributed by atoms with Crippen LogP contribution in [-0.2, 0) is 20.7 Å². The molecule has 9 heteroatoms. The van der Waals surface area contributed by atoms with E-state index in [1.807, 2.05) is 51.1 Å². The van der Waals surface area contributed by atoms with Gasteiger partial charge in [0.1, 0.15) is 17.7 Å². The maximum absolute atomic E-state index is 12.2. The van der Waals surface area contributed by atoms with Gasteiger partial charge in [0.15, 0.2) is 6.61 Å². The van der Waals surface area contributed by atoms with E-state index in [-0.39, 0.29) is 25.0 Å². The van der Waals surface area contributed by atoms with Crippen molar-refractivity contribution in [2.24, 2.45) is 0 Å². The van der Waals surface area contributed by atoms with Gasteiger partial charge in [0.05, 0.1) is 6.04 Å². The Balaban J connectivity index is 1.28. The van der Waals surface area contributed by atoms with Crippen molar-refractivity contribution in [2.45, 2.75) is 39.7 Å². The summed E-state index contributed by atoms with van der Waals surface area (Å²) in [6, 6.07) is 9.17. The maximum Gasteiger partial charge on any atom is 0.306 e. The molecule has 3 aromatic heterocycles. The highest BCUT2D eigenvalue weighted by Crippen LogP contribution is 2.23. The highest BCUT2D eigenvalue weighted by molar-refractivity contribution is 5.81. The molecule has 4 aromatic rings. The predicted octanol–water partition coefficient (Wildman–Crippen LogP) is 2.84. The van der Waals surface area contributed by atoms with Crippen molar-refractivity contribution in [3.8, 4) is 0 Å². The summed E-state index contributed by atoms with van der Waals surface area (Å²) in [5, 5.41) is 7.89. The van der Waals surface area contributed by atoms with E-state index in [9.17, 15) is 9.59 Å². The van der Waals surface area contributed by atoms with Crippen molar-refractivity contribution in [1.82, 2.24) is 24.9 Å². The highest BCUT2D eigenvalue weighted by Gasteiger charge is 2.17. The maximum atomic E-state index is 12.2. The molecule has 0 aliphatic heterocycles. The number of hydrogen-bond acceptors (Lipinski definition) is 7. The number of ether oxygens (including phenoxy) is 1. The number of carbonyl (C=O) groups excluding carboxylic acids is 2. The second-order valence-corrected chi connectivity index (χ2v) is 7.37. The number of hydrogen-bond donors (Lipinski definition) is 1. The van der Waals surface area contributed by atoms with Crippen molar-refractivity contribution in [1.29, 1.82) is 0 Å². The Hall–Kier alpha value is -3.75. The molecule has 1 amide bonds. The lowest BCUT2D eigenvalue weighted by Gasteiger charge is -2.12. The van der Waals surface area contributed by atoms with Gasteiger partial charge in [0, 0.05) is 23.2 Å². The van der Waals surface area contributed by atoms with Gasteiger partial charge < -0.3 is 14.5 Å². The van der Waals surface area contributed by atoms with Crippen LogP contribution in [0.1, 0.15) is 42.1 Å². The van der Waals surface area contributed by atoms with Crippen LogP contribution in [0.15, 0.2) is 41.1 Å². The molecule has 0 aliphatic carbocycles. The molecule has 0 bridgehead atoms. The predicted molar refractivity (Wildman–Crippen MR) is 112 cm³/mol. The zero-order chi connectivity index (χ0) is 22.0. The van der Waals surface area contributed by atoms with Gasteiger partial charge >= 0.3 is 5.97 Å². The number of nitrogens with zero attached hydrogens (tertiary/aromatic N) is 4. The molecule has 0 fully saturated rings. The number of rotatable bonds is 7. The fourth-order valence-corrected chi connectivity index (χ4v) is 3.53. The molecule has 0 radical (unpaired) electrons. The number of carbonyl (C=O) groups is 2. The van der Waals surface area contributed by atoms with E-state index >= 15 is 0 Å². The van der Waals surface area contributed by atoms with Crippen LogP contribution in [0.25, 0.3) is 16.7 Å². The second-order valence-electron chi connectivity index (χ2n) is 7.37. The largest absolute Gasteiger partial charge is 0.459 e. The number of furan rings is 1. The quantitative estimate of drug-likeness (QED) is 0.457. The Morgan fingerprint density at radius 3 is 2.87 bits per heavy atom. The molecule has 3 heterocycles. The van der Waals surface area contributed by atoms with Crippen LogP contribution in [0.4, 0.5) is 0 Å². The molecule has 9 nitrogen and oxygen atoms in total. The highest BCUT2D eigenvalue weighted by atomic mass is 16.5. The first-order valence-corrected chi connectivity index (χ1v) is 10.0. The van der Waals surface area contributed by atoms with Gasteiger partial charge in [-0.05, 0) is 44.9 Å². The summed E-state index contributed by atoms with van der Waals surface area (Å²) >= 11 is 0. The number of fused-ring (bicyclic) bond motifs is 2. The number of esters is 1. The van der Waals surface area contributed by atoms with Crippen LogP contribution < -0.4 is 5.32 Å². The molecule has 1 atom stereocenters. The van der Waals surface area contributed by atoms with Crippen molar-refractivity contribution in [3.63, 3.8) is 0 Å². The molecule has 1 aromatic carbocycles. The first kappa shape index (κ1) is 20.5. The molecule has 0 spiro atoms. The number of nitrogens with one attached hydrogen (secondary N) is 1. The van der Waals surface area contributed by atoms with Crippen LogP contribution in [0.3, 0.4) is 0 Å². The van der Waals surface area contributed by atoms with E-state index in [0.29, 0.717) is 18.0 Å². The standard InChI is InChI=1S/C22H23N5O4/c1-13-17(15(3)27-22(26-13)23-12-24-27)8-9-21(29)30-11-20(28)25-14(2)19-10-16-6-4-5-7-18(16)31-19/h4-7,10,12,14H,8-9,11H2,1-3H3,(H,25,28)/t14-/m0/s1. The third-order valence-electron chi connectivity index (χ3n) is 5.18. The van der Waals surface area contributed by atoms with E-state index in [1.165, 1.54) is 6.33 Å². The van der Waals surface area contributed by atoms with E-state index < -0.39 is 5.97 Å². The molecular weight excluding hydrogens is 398 g/mol. The molecule has 31 heavy (non-hydrogen) atoms. The first-order valence-electron chi connectivity index (χ1n) is 10.0. The minimum absolute atomic E-state index is 0.135. The molecule has 0 aliphatic rings. The third-order valence-corrected chi connectivity index (χ3v) is 5.18. The number of amides is 1. The lowest BCUT2D eigenvalue weighted by atomic mass is 10.1. The summed E-state index contributed by atoms with van der Waals surface area (Å²) in [5.41, 5.74) is 3.35. The number of para-hydroxylation sites is 1. The zero-order valence-electron chi connectivity index (χ0n) is 17.6. The lowest BCUT2D eigenvalue weighted by molar-refractivity contribution is -0.148. The summed E-state index contributed by atoms with van der Waals surface area (Å²) in [4.78, 5) is 32.8. The molecule has 0 saturated heterocycles. The van der Waals surface area contributed by atoms with E-state index in [2.05, 4.69) is 20.4 Å². The summed E-state index contributed by atoms with van der Waals surface area (Å²) < 4.78 is 12.5. The molecule has 0 unspecified atom stereocenters. The van der Waals surface area contributed by atoms with Gasteiger partial charge in [-0.15, -0.1) is 0 Å². The van der Waals surface area contributed by atoms with Gasteiger partial charge in [0.2, 0.25) is 0 Å². The van der Waals surface area contributed by atoms with Crippen LogP contribution in [0.5, 0.6) is 0 Å². The van der Waals surface area contributed by atoms with Crippen LogP contribution in [-0.4, -0.2) is 38.1 Å². The van der Waals surface area contributed by atoms with Gasteiger partial charge in [0.25, 0.3) is 11.7 Å². The molecule has 1 N–H and O–H groups in total. The summed E-state index contributed by atoms with van der Waals surface area (Å²) in [6.45, 7) is 5.25. The Bertz CT molecular complexity index is 1230. The Kier molecular flexibility index (Phi) is 5.66. The van der Waals surface area contributed by atoms with E-state index in [0.717, 1.165) is 27.9 Å². The zero-order valence-corrected chi connectivity index (χ0v) is 17.6. The van der Waals surface area contributed by atoms with Crippen molar-refractivity contribution >= 4 is 28.6 Å². The van der Waals surface area contributed by atoms with Gasteiger partial charge in [-0.2, -0.15) is 10.1 Å². The number of aryl methyl sites for hydroxylation is 2. The average Bonchev–Trinajstić information content (AvgIpc) is 3.39. The number of benzene rings is 1. The van der Waals surface area contributed by atoms with Gasteiger partial charge in [-0.25, -0.2) is 9.50 Å². The molecule has 160 valence electrons. The normalized spacial score (nSPS) is 12.2. The fraction of sp³-hybridized carbons (Fsp3) is 0.318. The van der Waals surface area contributed by atoms with Crippen LogP contribution in [0.2, 0.25) is 0 Å². The molecule has 4 rings (SSSR count). The van der Waals surface area contributed by atoms with Crippen LogP contribution in [0, 0.1) is 13.8 Å². The Morgan fingerprint density at radius 2 is 2.06 bits per heavy atom. The summed E-state index contributed by atoms with van der Waals surface area (Å²) in [6.07, 6.45) is 2.02. The lowest BCUT2D eigenvalue weighted by Crippen LogP contribution is -2.31. The minimum Gasteiger partial charge on any atom is -0.459 e. The fourth-order valence-electron chi connectivity index (χ4n) is 3.53. The number of aromatic nitrogens is 4. The Labute approximate surface area is 178 Å². The topological polar surface area (TPSA) is 112 Å². The van der Waals surface area contributed by atoms with E-state index in [1.54, 1.807) is 4.52 Å². The first-order chi connectivity index (χ1) is 14.9. The van der Waals surface area contributed by atoms with Gasteiger partial charge in [-0.3, -0.25) is 9.59 Å². The van der Waals surface area contributed by atoms with Crippen molar-refractivity contribution in [2.75, 3.05) is 6.61 Å². The average molecular weight is 421 g/mol. The van der Waals surface area contributed by atoms with Crippen LogP contribution >= 0.6 is 0 Å². The van der Waals surface area contributed by atoms with Crippen molar-refractivity contribution in [3.05, 3.63) is 59.4 Å². The van der Waals surface area contributed by atoms with Crippen molar-refractivity contribution < 1.29 is 18.7 Å².